The maximum absolute atomic E-state index is 11.3. The average molecular weight is 1080 g/mol. The van der Waals surface area contributed by atoms with Gasteiger partial charge in [-0.25, -0.2) is 18.6 Å². The number of fused-ring (bicyclic) bond motifs is 6. The van der Waals surface area contributed by atoms with Gasteiger partial charge in [0.15, 0.2) is 18.0 Å². The average Bonchev–Trinajstić information content (AvgIpc) is 4.12. The van der Waals surface area contributed by atoms with Crippen molar-refractivity contribution in [3.63, 3.8) is 0 Å². The first-order valence-electron chi connectivity index (χ1n) is 23.9. The van der Waals surface area contributed by atoms with Crippen LogP contribution in [0.4, 0.5) is 17.1 Å². The van der Waals surface area contributed by atoms with Gasteiger partial charge < -0.3 is 42.3 Å². The quantitative estimate of drug-likeness (QED) is 0.0407. The normalized spacial score (nSPS) is 17.5. The van der Waals surface area contributed by atoms with Gasteiger partial charge in [0.1, 0.15) is 13.0 Å². The fraction of sp³-hybridized carbons (Fsp3) is 0.397. The molecular weight excluding hydrogens is 1010 g/mol. The van der Waals surface area contributed by atoms with E-state index in [0.29, 0.717) is 6.54 Å². The number of aliphatic carboxylic acids is 1. The van der Waals surface area contributed by atoms with Crippen LogP contribution in [0.25, 0.3) is 21.5 Å². The van der Waals surface area contributed by atoms with Crippen LogP contribution in [0.5, 0.6) is 0 Å². The van der Waals surface area contributed by atoms with Crippen LogP contribution < -0.4 is 40.9 Å². The fourth-order valence-corrected chi connectivity index (χ4v) is 10.7. The molecule has 9 rings (SSSR count). The number of unbranched alkanes of at least 4 members (excludes halogenated alkanes) is 1. The number of anilines is 1. The molecule has 70 heavy (non-hydrogen) atoms. The van der Waals surface area contributed by atoms with E-state index in [2.05, 4.69) is 128 Å². The number of carbonyl (C=O) groups is 1. The Kier molecular flexibility index (Phi) is 25.5. The number of carboxylic acid groups (broad SMARTS) is 1. The minimum atomic E-state index is -4.94. The summed E-state index contributed by atoms with van der Waals surface area (Å²) in [6.45, 7) is 14.8. The van der Waals surface area contributed by atoms with Crippen molar-refractivity contribution >= 4 is 56.0 Å². The Balaban J connectivity index is 0.000000383. The van der Waals surface area contributed by atoms with Gasteiger partial charge in [0.25, 0.3) is 0 Å². The Morgan fingerprint density at radius 3 is 1.76 bits per heavy atom. The smallest absolute Gasteiger partial charge is 1.00 e. The van der Waals surface area contributed by atoms with Crippen LogP contribution in [0.3, 0.4) is 0 Å². The van der Waals surface area contributed by atoms with Crippen LogP contribution in [-0.4, -0.2) is 44.7 Å². The number of allylic oxidation sites excluding steroid dienone is 2. The third-order valence-corrected chi connectivity index (χ3v) is 14.0. The number of nitrogens with zero attached hydrogens (tertiary/aromatic N) is 2. The van der Waals surface area contributed by atoms with Crippen LogP contribution in [0.2, 0.25) is 0 Å². The summed E-state index contributed by atoms with van der Waals surface area (Å²) >= 11 is 0. The number of hydrogen-bond donors (Lipinski definition) is 2. The Labute approximate surface area is 442 Å². The van der Waals surface area contributed by atoms with Crippen molar-refractivity contribution < 1.29 is 82.0 Å². The van der Waals surface area contributed by atoms with Gasteiger partial charge in [-0.2, -0.15) is 9.15 Å². The fourth-order valence-electron chi connectivity index (χ4n) is 10.7. The predicted molar refractivity (Wildman–Crippen MR) is 272 cm³/mol. The second-order valence-corrected chi connectivity index (χ2v) is 19.6. The van der Waals surface area contributed by atoms with E-state index in [-0.39, 0.29) is 66.2 Å². The number of halogens is 2. The molecule has 9 nitrogen and oxygen atoms in total. The summed E-state index contributed by atoms with van der Waals surface area (Å²) in [6.07, 6.45) is 24.7. The number of carboxylic acids is 1. The summed E-state index contributed by atoms with van der Waals surface area (Å²) < 4.78 is 38.7. The van der Waals surface area contributed by atoms with E-state index in [9.17, 15) is 9.90 Å². The zero-order valence-corrected chi connectivity index (χ0v) is 45.6. The van der Waals surface area contributed by atoms with Crippen LogP contribution in [0, 0.1) is 31.0 Å². The van der Waals surface area contributed by atoms with Gasteiger partial charge >= 0.3 is 23.0 Å². The van der Waals surface area contributed by atoms with Gasteiger partial charge in [-0.15, -0.1) is 16.8 Å². The minimum Gasteiger partial charge on any atom is -1.00 e. The Morgan fingerprint density at radius 1 is 0.729 bits per heavy atom. The van der Waals surface area contributed by atoms with E-state index < -0.39 is 16.2 Å². The Morgan fingerprint density at radius 2 is 1.23 bits per heavy atom. The third-order valence-electron chi connectivity index (χ3n) is 14.0. The van der Waals surface area contributed by atoms with E-state index in [1.807, 2.05) is 42.6 Å². The maximum Gasteiger partial charge on any atom is 2.00 e. The first kappa shape index (κ1) is 62.0. The molecule has 0 aromatic heterocycles. The Bertz CT molecular complexity index is 2530. The first-order chi connectivity index (χ1) is 31.6. The molecule has 2 aliphatic heterocycles. The van der Waals surface area contributed by atoms with Crippen LogP contribution >= 0.6 is 0 Å². The van der Waals surface area contributed by atoms with Gasteiger partial charge in [-0.05, 0) is 85.3 Å². The second-order valence-electron chi connectivity index (χ2n) is 18.9. The molecule has 2 N–H and O–H groups in total. The van der Waals surface area contributed by atoms with Gasteiger partial charge in [0.2, 0.25) is 11.4 Å². The molecule has 0 radical (unpaired) electrons. The van der Waals surface area contributed by atoms with E-state index >= 15 is 0 Å². The van der Waals surface area contributed by atoms with Crippen molar-refractivity contribution in [1.29, 1.82) is 0 Å². The van der Waals surface area contributed by atoms with E-state index in [4.69, 9.17) is 18.6 Å². The molecule has 5 aromatic carbocycles. The van der Waals surface area contributed by atoms with Gasteiger partial charge in [-0.3, -0.25) is 4.79 Å². The first-order valence-corrected chi connectivity index (χ1v) is 25.1. The molecule has 4 aliphatic rings. The minimum absolute atomic E-state index is 0. The monoisotopic (exact) mass is 1080 g/mol. The van der Waals surface area contributed by atoms with Crippen molar-refractivity contribution in [2.45, 2.75) is 128 Å². The second kappa shape index (κ2) is 28.8. The van der Waals surface area contributed by atoms with Crippen molar-refractivity contribution in [2.24, 2.45) is 5.92 Å². The largest absolute Gasteiger partial charge is 2.00 e. The summed E-state index contributed by atoms with van der Waals surface area (Å²) in [7, 11) is -4.94. The molecule has 0 saturated heterocycles. The molecule has 2 fully saturated rings. The van der Waals surface area contributed by atoms with Crippen LogP contribution in [-0.2, 0) is 32.7 Å². The van der Waals surface area contributed by atoms with E-state index in [0.717, 1.165) is 36.0 Å². The molecular formula is C58H75BrClFeN3O6. The van der Waals surface area contributed by atoms with Crippen LogP contribution in [0.1, 0.15) is 129 Å². The molecule has 12 heteroatoms. The maximum atomic E-state index is 11.3. The molecule has 0 amide bonds. The molecule has 1 unspecified atom stereocenters. The van der Waals surface area contributed by atoms with Gasteiger partial charge in [-0.1, -0.05) is 137 Å². The molecule has 2 heterocycles. The number of para-hydroxylation sites is 1. The third kappa shape index (κ3) is 15.9. The molecule has 0 spiro atoms. The summed E-state index contributed by atoms with van der Waals surface area (Å²) in [4.78, 5) is 11.3. The Hall–Kier alpha value is -4.16. The van der Waals surface area contributed by atoms with Gasteiger partial charge in [0, 0.05) is 54.6 Å². The van der Waals surface area contributed by atoms with E-state index in [1.54, 1.807) is 0 Å². The molecule has 0 bridgehead atoms. The standard InChI is InChI=1S/C26H34N.C25H24N2O2.C5H10.2CH3.BrH.ClHO4.Fe/c1-4-18-26(3)20(2)27(19-10-9-13-21-11-5-6-12-21)24-17-16-22-14-7-8-15-23(22)25(24)26;1-25(2)22(14-16-26-19-9-4-3-5-10-19)27(17-15-23(28)29)21-13-12-18-8-6-7-11-20(18)24(21)25;1-2-4-5-3-1;;;;2-1(3,4)5;/h4,7-8,14-17,21H,1,5-6,9-13,18-19H2,2-3H3;3-14,16H,15,17H2,1-2H3,(H,28,29);1-5H2;2*1H3;1H;(H,2,3,4,5);/q+1;;;2*-1;;;+2/p-1. The number of rotatable bonds is 13. The summed E-state index contributed by atoms with van der Waals surface area (Å²) in [6, 6.07) is 36.1. The molecule has 5 aromatic rings. The van der Waals surface area contributed by atoms with Crippen molar-refractivity contribution in [3.8, 4) is 0 Å². The van der Waals surface area contributed by atoms with Crippen molar-refractivity contribution in [3.05, 3.63) is 154 Å². The number of benzene rings is 5. The van der Waals surface area contributed by atoms with Crippen molar-refractivity contribution in [1.82, 2.24) is 0 Å². The summed E-state index contributed by atoms with van der Waals surface area (Å²) in [5.74, 6) is 0.221. The van der Waals surface area contributed by atoms with E-state index in [1.165, 1.54) is 121 Å². The topological polar surface area (TPSA) is 148 Å². The summed E-state index contributed by atoms with van der Waals surface area (Å²) in [5, 5.41) is 17.8. The summed E-state index contributed by atoms with van der Waals surface area (Å²) in [5.41, 5.74) is 8.69. The zero-order valence-electron chi connectivity index (χ0n) is 42.1. The molecule has 2 aliphatic carbocycles. The van der Waals surface area contributed by atoms with Crippen LogP contribution in [0.15, 0.2) is 128 Å². The number of nitrogens with one attached hydrogen (secondary N) is 1. The molecule has 380 valence electrons. The molecule has 1 atom stereocenters. The molecule has 2 saturated carbocycles. The zero-order chi connectivity index (χ0) is 47.3. The predicted octanol–water partition coefficient (Wildman–Crippen LogP) is 7.57. The van der Waals surface area contributed by atoms with Gasteiger partial charge in [0.05, 0.1) is 10.8 Å². The SMILES string of the molecule is C1CCCC1.C=CCC1(C)C(C)=[N+](CCCCC2CCCC2)c2ccc3ccccc3c21.CC1(C)C(/C=C/Nc2ccccc2)=[N+](CCC(=O)O)c2ccc3ccccc3c21.[Br-].[CH3-].[CH3-].[Fe+2].[O-][Cl+3]([O-])([O-])[O-]. The number of hydrogen-bond acceptors (Lipinski definition) is 6. The van der Waals surface area contributed by atoms with Crippen molar-refractivity contribution in [2.75, 3.05) is 18.4 Å².